The number of halogens is 2. The van der Waals surface area contributed by atoms with Gasteiger partial charge >= 0.3 is 0 Å². The number of aryl methyl sites for hydroxylation is 1. The summed E-state index contributed by atoms with van der Waals surface area (Å²) in [6, 6.07) is 8.40. The molecule has 2 fully saturated rings. The minimum absolute atomic E-state index is 0.0448. The quantitative estimate of drug-likeness (QED) is 0.681. The summed E-state index contributed by atoms with van der Waals surface area (Å²) in [4.78, 5) is 17.5. The van der Waals surface area contributed by atoms with Crippen LogP contribution in [0, 0.1) is 0 Å². The zero-order valence-electron chi connectivity index (χ0n) is 18.7. The number of para-hydroxylation sites is 1. The molecule has 1 aromatic heterocycles. The van der Waals surface area contributed by atoms with E-state index in [1.807, 2.05) is 35.8 Å². The number of rotatable bonds is 5. The molecule has 0 atom stereocenters. The van der Waals surface area contributed by atoms with Crippen molar-refractivity contribution in [3.8, 4) is 5.75 Å². The number of hydrogen-bond donors (Lipinski definition) is 0. The van der Waals surface area contributed by atoms with Gasteiger partial charge in [-0.2, -0.15) is 0 Å². The Bertz CT molecular complexity index is 922. The van der Waals surface area contributed by atoms with Crippen molar-refractivity contribution >= 4 is 16.8 Å². The first kappa shape index (κ1) is 22.1. The van der Waals surface area contributed by atoms with Gasteiger partial charge in [-0.1, -0.05) is 12.1 Å². The number of likely N-dealkylation sites (tertiary alicyclic amines) is 2. The maximum atomic E-state index is 13.7. The number of amides is 1. The lowest BCUT2D eigenvalue weighted by Crippen LogP contribution is -2.44. The van der Waals surface area contributed by atoms with E-state index in [-0.39, 0.29) is 37.9 Å². The number of carbonyl (C=O) groups excluding carboxylic acids is 1. The third-order valence-corrected chi connectivity index (χ3v) is 6.72. The fraction of sp³-hybridized carbons (Fsp3) is 0.625. The van der Waals surface area contributed by atoms with Crippen molar-refractivity contribution in [2.75, 3.05) is 26.2 Å². The lowest BCUT2D eigenvalue weighted by molar-refractivity contribution is -0.0496. The van der Waals surface area contributed by atoms with Gasteiger partial charge in [0.25, 0.3) is 11.8 Å². The molecule has 170 valence electrons. The molecule has 7 heteroatoms. The monoisotopic (exact) mass is 433 g/mol. The van der Waals surface area contributed by atoms with E-state index in [0.717, 1.165) is 36.8 Å². The Labute approximate surface area is 182 Å². The summed E-state index contributed by atoms with van der Waals surface area (Å²) in [5.74, 6) is -2.27. The molecule has 0 saturated carbocycles. The normalized spacial score (nSPS) is 20.5. The van der Waals surface area contributed by atoms with Crippen LogP contribution in [0.1, 0.15) is 56.9 Å². The molecule has 2 aliphatic rings. The maximum Gasteiger partial charge on any atom is 0.274 e. The molecule has 5 nitrogen and oxygen atoms in total. The smallest absolute Gasteiger partial charge is 0.274 e. The first-order valence-corrected chi connectivity index (χ1v) is 11.5. The maximum absolute atomic E-state index is 13.7. The minimum atomic E-state index is -2.68. The number of ether oxygens (including phenoxy) is 1. The van der Waals surface area contributed by atoms with Gasteiger partial charge in [0, 0.05) is 57.0 Å². The Morgan fingerprint density at radius 3 is 2.39 bits per heavy atom. The van der Waals surface area contributed by atoms with Gasteiger partial charge in [0.15, 0.2) is 11.4 Å². The number of hydrogen-bond acceptors (Lipinski definition) is 3. The van der Waals surface area contributed by atoms with E-state index < -0.39 is 5.92 Å². The van der Waals surface area contributed by atoms with Gasteiger partial charge in [-0.05, 0) is 45.7 Å². The second kappa shape index (κ2) is 8.77. The zero-order chi connectivity index (χ0) is 22.2. The standard InChI is InChI=1S/C24H33F2N3O2/c1-4-29-20-8-6-5-7-19(20)22(31-18-9-13-27(14-10-18)17(2)3)21(29)23(30)28-15-11-24(25,26)12-16-28/h5-8,17-18H,4,9-16H2,1-3H3. The summed E-state index contributed by atoms with van der Waals surface area (Å²) < 4.78 is 35.8. The van der Waals surface area contributed by atoms with Crippen LogP contribution < -0.4 is 4.74 Å². The van der Waals surface area contributed by atoms with Crippen LogP contribution in [0.3, 0.4) is 0 Å². The molecule has 0 N–H and O–H groups in total. The zero-order valence-corrected chi connectivity index (χ0v) is 18.7. The van der Waals surface area contributed by atoms with Gasteiger partial charge in [0.2, 0.25) is 0 Å². The molecule has 1 amide bonds. The highest BCUT2D eigenvalue weighted by Crippen LogP contribution is 2.37. The lowest BCUT2D eigenvalue weighted by atomic mass is 10.1. The van der Waals surface area contributed by atoms with Crippen molar-refractivity contribution in [1.82, 2.24) is 14.4 Å². The summed E-state index contributed by atoms with van der Waals surface area (Å²) in [6.45, 7) is 9.11. The van der Waals surface area contributed by atoms with Crippen LogP contribution >= 0.6 is 0 Å². The molecular formula is C24H33F2N3O2. The molecule has 3 heterocycles. The summed E-state index contributed by atoms with van der Waals surface area (Å²) in [6.07, 6.45) is 1.30. The summed E-state index contributed by atoms with van der Waals surface area (Å²) in [7, 11) is 0. The van der Waals surface area contributed by atoms with Crippen molar-refractivity contribution in [1.29, 1.82) is 0 Å². The molecule has 0 radical (unpaired) electrons. The molecule has 2 aromatic rings. The minimum Gasteiger partial charge on any atom is -0.487 e. The van der Waals surface area contributed by atoms with Crippen molar-refractivity contribution in [3.05, 3.63) is 30.0 Å². The first-order chi connectivity index (χ1) is 14.8. The Balaban J connectivity index is 1.65. The Morgan fingerprint density at radius 2 is 1.77 bits per heavy atom. The Kier molecular flexibility index (Phi) is 6.24. The largest absolute Gasteiger partial charge is 0.487 e. The van der Waals surface area contributed by atoms with Gasteiger partial charge < -0.3 is 19.1 Å². The van der Waals surface area contributed by atoms with E-state index in [9.17, 15) is 13.6 Å². The number of fused-ring (bicyclic) bond motifs is 1. The van der Waals surface area contributed by atoms with E-state index in [0.29, 0.717) is 24.0 Å². The number of aromatic nitrogens is 1. The van der Waals surface area contributed by atoms with Crippen LogP contribution in [0.5, 0.6) is 5.75 Å². The van der Waals surface area contributed by atoms with Gasteiger partial charge in [-0.25, -0.2) is 8.78 Å². The van der Waals surface area contributed by atoms with Crippen LogP contribution in [0.15, 0.2) is 24.3 Å². The van der Waals surface area contributed by atoms with Gasteiger partial charge in [0.1, 0.15) is 6.10 Å². The van der Waals surface area contributed by atoms with Crippen LogP contribution in [-0.2, 0) is 6.54 Å². The highest BCUT2D eigenvalue weighted by Gasteiger charge is 2.38. The van der Waals surface area contributed by atoms with Crippen LogP contribution in [-0.4, -0.2) is 64.5 Å². The molecule has 31 heavy (non-hydrogen) atoms. The lowest BCUT2D eigenvalue weighted by Gasteiger charge is -2.35. The molecule has 2 saturated heterocycles. The van der Waals surface area contributed by atoms with E-state index in [2.05, 4.69) is 18.7 Å². The van der Waals surface area contributed by atoms with Crippen molar-refractivity contribution in [3.63, 3.8) is 0 Å². The Hall–Kier alpha value is -2.15. The molecule has 0 spiro atoms. The van der Waals surface area contributed by atoms with E-state index in [1.54, 1.807) is 4.90 Å². The van der Waals surface area contributed by atoms with E-state index in [1.165, 1.54) is 0 Å². The number of nitrogens with zero attached hydrogens (tertiary/aromatic N) is 3. The summed E-state index contributed by atoms with van der Waals surface area (Å²) >= 11 is 0. The second-order valence-electron chi connectivity index (χ2n) is 9.03. The fourth-order valence-electron chi connectivity index (χ4n) is 4.80. The fourth-order valence-corrected chi connectivity index (χ4v) is 4.80. The first-order valence-electron chi connectivity index (χ1n) is 11.5. The van der Waals surface area contributed by atoms with Gasteiger partial charge in [-0.3, -0.25) is 4.79 Å². The number of carbonyl (C=O) groups is 1. The topological polar surface area (TPSA) is 37.7 Å². The molecule has 4 rings (SSSR count). The van der Waals surface area contributed by atoms with Gasteiger partial charge in [0.05, 0.1) is 5.52 Å². The third kappa shape index (κ3) is 4.43. The van der Waals surface area contributed by atoms with Crippen LogP contribution in [0.2, 0.25) is 0 Å². The van der Waals surface area contributed by atoms with Crippen molar-refractivity contribution < 1.29 is 18.3 Å². The summed E-state index contributed by atoms with van der Waals surface area (Å²) in [5.41, 5.74) is 1.45. The van der Waals surface area contributed by atoms with Gasteiger partial charge in [-0.15, -0.1) is 0 Å². The van der Waals surface area contributed by atoms with Crippen molar-refractivity contribution in [2.24, 2.45) is 0 Å². The molecule has 1 aromatic carbocycles. The highest BCUT2D eigenvalue weighted by atomic mass is 19.3. The average molecular weight is 434 g/mol. The summed E-state index contributed by atoms with van der Waals surface area (Å²) in [5, 5.41) is 0.918. The molecule has 0 bridgehead atoms. The van der Waals surface area contributed by atoms with E-state index >= 15 is 0 Å². The van der Waals surface area contributed by atoms with Crippen molar-refractivity contribution in [2.45, 2.75) is 71.1 Å². The molecule has 0 aliphatic carbocycles. The molecule has 0 unspecified atom stereocenters. The van der Waals surface area contributed by atoms with Crippen LogP contribution in [0.25, 0.3) is 10.9 Å². The number of benzene rings is 1. The highest BCUT2D eigenvalue weighted by molar-refractivity contribution is 6.04. The number of piperidine rings is 2. The average Bonchev–Trinajstić information content (AvgIpc) is 3.07. The predicted molar refractivity (Wildman–Crippen MR) is 118 cm³/mol. The van der Waals surface area contributed by atoms with E-state index in [4.69, 9.17) is 4.74 Å². The second-order valence-corrected chi connectivity index (χ2v) is 9.03. The molecular weight excluding hydrogens is 400 g/mol. The number of alkyl halides is 2. The molecule has 2 aliphatic heterocycles. The third-order valence-electron chi connectivity index (χ3n) is 6.72. The van der Waals surface area contributed by atoms with Crippen LogP contribution in [0.4, 0.5) is 8.78 Å². The SMILES string of the molecule is CCn1c(C(=O)N2CCC(F)(F)CC2)c(OC2CCN(C(C)C)CC2)c2ccccc21. The Morgan fingerprint density at radius 1 is 1.13 bits per heavy atom. The predicted octanol–water partition coefficient (Wildman–Crippen LogP) is 4.78.